The lowest BCUT2D eigenvalue weighted by molar-refractivity contribution is 0.415. The van der Waals surface area contributed by atoms with Crippen molar-refractivity contribution in [1.82, 2.24) is 15.2 Å². The topological polar surface area (TPSA) is 101 Å². The van der Waals surface area contributed by atoms with E-state index < -0.39 is 0 Å². The van der Waals surface area contributed by atoms with Gasteiger partial charge in [0.15, 0.2) is 11.8 Å². The molecule has 4 N–H and O–H groups in total. The fourth-order valence-corrected chi connectivity index (χ4v) is 1.61. The zero-order valence-electron chi connectivity index (χ0n) is 11.6. The van der Waals surface area contributed by atoms with E-state index in [0.717, 1.165) is 23.7 Å². The summed E-state index contributed by atoms with van der Waals surface area (Å²) in [7, 11) is 1.62. The van der Waals surface area contributed by atoms with Crippen molar-refractivity contribution < 1.29 is 4.74 Å². The molecule has 1 aromatic heterocycles. The van der Waals surface area contributed by atoms with E-state index in [9.17, 15) is 0 Å². The Balaban J connectivity index is 1.96. The Hall–Kier alpha value is -2.57. The molecule has 0 unspecified atom stereocenters. The van der Waals surface area contributed by atoms with E-state index in [4.69, 9.17) is 10.5 Å². The van der Waals surface area contributed by atoms with Gasteiger partial charge in [0, 0.05) is 18.2 Å². The molecular weight excluding hydrogens is 256 g/mol. The Morgan fingerprint density at radius 2 is 2.35 bits per heavy atom. The van der Waals surface area contributed by atoms with Gasteiger partial charge in [0.1, 0.15) is 18.1 Å². The highest BCUT2D eigenvalue weighted by atomic mass is 16.5. The van der Waals surface area contributed by atoms with Crippen LogP contribution in [0.3, 0.4) is 0 Å². The van der Waals surface area contributed by atoms with Gasteiger partial charge in [-0.25, -0.2) is 9.98 Å². The minimum atomic E-state index is 0.313. The van der Waals surface area contributed by atoms with Gasteiger partial charge >= 0.3 is 0 Å². The number of hydrogen-bond donors (Lipinski definition) is 3. The third-order valence-corrected chi connectivity index (χ3v) is 2.64. The second-order valence-corrected chi connectivity index (χ2v) is 4.11. The first-order valence-electron chi connectivity index (χ1n) is 6.32. The van der Waals surface area contributed by atoms with Crippen molar-refractivity contribution in [2.45, 2.75) is 19.9 Å². The Labute approximate surface area is 117 Å². The highest BCUT2D eigenvalue weighted by molar-refractivity contribution is 5.92. The van der Waals surface area contributed by atoms with Crippen molar-refractivity contribution in [3.05, 3.63) is 35.9 Å². The molecule has 0 aliphatic heterocycles. The molecule has 0 radical (unpaired) electrons. The van der Waals surface area contributed by atoms with Crippen LogP contribution in [0.2, 0.25) is 0 Å². The van der Waals surface area contributed by atoms with E-state index in [1.165, 1.54) is 0 Å². The van der Waals surface area contributed by atoms with Gasteiger partial charge in [-0.15, -0.1) is 0 Å². The largest absolute Gasteiger partial charge is 0.497 e. The van der Waals surface area contributed by atoms with Crippen LogP contribution in [-0.4, -0.2) is 28.3 Å². The summed E-state index contributed by atoms with van der Waals surface area (Å²) in [6.07, 6.45) is 0.789. The molecule has 0 amide bonds. The number of ether oxygens (including phenoxy) is 1. The Bertz CT molecular complexity index is 592. The molecule has 1 aromatic carbocycles. The van der Waals surface area contributed by atoms with Crippen molar-refractivity contribution >= 4 is 11.6 Å². The molecule has 1 heterocycles. The maximum Gasteiger partial charge on any atom is 0.193 e. The van der Waals surface area contributed by atoms with Gasteiger partial charge in [-0.2, -0.15) is 5.10 Å². The summed E-state index contributed by atoms with van der Waals surface area (Å²) in [6, 6.07) is 7.46. The van der Waals surface area contributed by atoms with Gasteiger partial charge in [-0.3, -0.25) is 5.10 Å². The molecule has 106 valence electrons. The molecule has 0 bridgehead atoms. The molecule has 2 aromatic rings. The predicted octanol–water partition coefficient (Wildman–Crippen LogP) is 1.30. The van der Waals surface area contributed by atoms with Crippen LogP contribution >= 0.6 is 0 Å². The average molecular weight is 274 g/mol. The molecule has 0 saturated carbocycles. The fourth-order valence-electron chi connectivity index (χ4n) is 1.61. The number of aliphatic imine (C=N–C) groups is 1. The van der Waals surface area contributed by atoms with Crippen LogP contribution < -0.4 is 15.8 Å². The van der Waals surface area contributed by atoms with E-state index in [-0.39, 0.29) is 0 Å². The van der Waals surface area contributed by atoms with Gasteiger partial charge in [0.05, 0.1) is 7.11 Å². The molecule has 20 heavy (non-hydrogen) atoms. The predicted molar refractivity (Wildman–Crippen MR) is 77.7 cm³/mol. The number of guanidine groups is 1. The van der Waals surface area contributed by atoms with Gasteiger partial charge in [0.25, 0.3) is 0 Å². The molecule has 7 nitrogen and oxygen atoms in total. The number of methoxy groups -OCH3 is 1. The molecule has 2 rings (SSSR count). The SMILES string of the molecule is CCc1n[nH]c(CN=C(N)Nc2cccc(OC)c2)n1. The summed E-state index contributed by atoms with van der Waals surface area (Å²) in [5.41, 5.74) is 6.64. The Morgan fingerprint density at radius 3 is 3.05 bits per heavy atom. The molecule has 0 atom stereocenters. The lowest BCUT2D eigenvalue weighted by Gasteiger charge is -2.06. The number of hydrogen-bond acceptors (Lipinski definition) is 4. The third-order valence-electron chi connectivity index (χ3n) is 2.64. The van der Waals surface area contributed by atoms with Gasteiger partial charge in [-0.1, -0.05) is 13.0 Å². The lowest BCUT2D eigenvalue weighted by atomic mass is 10.3. The maximum atomic E-state index is 5.82. The van der Waals surface area contributed by atoms with Crippen LogP contribution in [0, 0.1) is 0 Å². The number of nitrogens with zero attached hydrogens (tertiary/aromatic N) is 3. The van der Waals surface area contributed by atoms with E-state index in [2.05, 4.69) is 25.5 Å². The van der Waals surface area contributed by atoms with Gasteiger partial charge in [-0.05, 0) is 12.1 Å². The standard InChI is InChI=1S/C13H18N6O/c1-3-11-17-12(19-18-11)8-15-13(14)16-9-5-4-6-10(7-9)20-2/h4-7H,3,8H2,1-2H3,(H3,14,15,16)(H,17,18,19). The molecule has 0 fully saturated rings. The minimum Gasteiger partial charge on any atom is -0.497 e. The molecular formula is C13H18N6O. The summed E-state index contributed by atoms with van der Waals surface area (Å²) in [6.45, 7) is 2.35. The molecule has 0 spiro atoms. The second-order valence-electron chi connectivity index (χ2n) is 4.11. The van der Waals surface area contributed by atoms with Crippen LogP contribution in [0.25, 0.3) is 0 Å². The summed E-state index contributed by atoms with van der Waals surface area (Å²) in [4.78, 5) is 8.46. The molecule has 0 aliphatic rings. The normalized spacial score (nSPS) is 11.4. The summed E-state index contributed by atoms with van der Waals surface area (Å²) >= 11 is 0. The van der Waals surface area contributed by atoms with Crippen molar-refractivity contribution in [1.29, 1.82) is 0 Å². The number of nitrogens with two attached hydrogens (primary N) is 1. The van der Waals surface area contributed by atoms with Crippen molar-refractivity contribution in [3.63, 3.8) is 0 Å². The summed E-state index contributed by atoms with van der Waals surface area (Å²) in [5, 5.41) is 9.85. The van der Waals surface area contributed by atoms with Crippen LogP contribution in [0.15, 0.2) is 29.3 Å². The van der Waals surface area contributed by atoms with Crippen LogP contribution in [0.4, 0.5) is 5.69 Å². The Kier molecular flexibility index (Phi) is 4.54. The van der Waals surface area contributed by atoms with E-state index in [1.54, 1.807) is 7.11 Å². The average Bonchev–Trinajstić information content (AvgIpc) is 2.93. The van der Waals surface area contributed by atoms with Crippen molar-refractivity contribution in [2.24, 2.45) is 10.7 Å². The highest BCUT2D eigenvalue weighted by Gasteiger charge is 2.01. The van der Waals surface area contributed by atoms with E-state index >= 15 is 0 Å². The van der Waals surface area contributed by atoms with Crippen molar-refractivity contribution in [3.8, 4) is 5.75 Å². The number of aromatic nitrogens is 3. The lowest BCUT2D eigenvalue weighted by Crippen LogP contribution is -2.22. The first-order chi connectivity index (χ1) is 9.71. The summed E-state index contributed by atoms with van der Waals surface area (Å²) in [5.74, 6) is 2.53. The minimum absolute atomic E-state index is 0.313. The number of benzene rings is 1. The summed E-state index contributed by atoms with van der Waals surface area (Å²) < 4.78 is 5.14. The number of aryl methyl sites for hydroxylation is 1. The van der Waals surface area contributed by atoms with Gasteiger partial charge < -0.3 is 15.8 Å². The maximum absolute atomic E-state index is 5.82. The van der Waals surface area contributed by atoms with Gasteiger partial charge in [0.2, 0.25) is 0 Å². The van der Waals surface area contributed by atoms with Crippen LogP contribution in [0.1, 0.15) is 18.6 Å². The van der Waals surface area contributed by atoms with Crippen molar-refractivity contribution in [2.75, 3.05) is 12.4 Å². The number of nitrogens with one attached hydrogen (secondary N) is 2. The van der Waals surface area contributed by atoms with Crippen LogP contribution in [-0.2, 0) is 13.0 Å². The monoisotopic (exact) mass is 274 g/mol. The zero-order chi connectivity index (χ0) is 14.4. The van der Waals surface area contributed by atoms with E-state index in [0.29, 0.717) is 18.3 Å². The first kappa shape index (κ1) is 13.9. The molecule has 0 aliphatic carbocycles. The smallest absolute Gasteiger partial charge is 0.193 e. The number of rotatable bonds is 5. The second kappa shape index (κ2) is 6.55. The number of aromatic amines is 1. The zero-order valence-corrected chi connectivity index (χ0v) is 11.6. The van der Waals surface area contributed by atoms with E-state index in [1.807, 2.05) is 31.2 Å². The molecule has 7 heteroatoms. The number of H-pyrrole nitrogens is 1. The molecule has 0 saturated heterocycles. The highest BCUT2D eigenvalue weighted by Crippen LogP contribution is 2.16. The fraction of sp³-hybridized carbons (Fsp3) is 0.308. The quantitative estimate of drug-likeness (QED) is 0.563. The number of anilines is 1. The third kappa shape index (κ3) is 3.71. The van der Waals surface area contributed by atoms with Crippen LogP contribution in [0.5, 0.6) is 5.75 Å². The first-order valence-corrected chi connectivity index (χ1v) is 6.32. The Morgan fingerprint density at radius 1 is 1.50 bits per heavy atom.